The molecule has 0 aromatic heterocycles. The van der Waals surface area contributed by atoms with Gasteiger partial charge in [-0.2, -0.15) is 0 Å². The van der Waals surface area contributed by atoms with Crippen LogP contribution in [0.25, 0.3) is 11.1 Å². The minimum Gasteiger partial charge on any atom is -0.492 e. The normalized spacial score (nSPS) is 10.2. The highest BCUT2D eigenvalue weighted by atomic mass is 35.5. The van der Waals surface area contributed by atoms with Gasteiger partial charge < -0.3 is 10.1 Å². The van der Waals surface area contributed by atoms with Gasteiger partial charge in [-0.15, -0.1) is 0 Å². The van der Waals surface area contributed by atoms with Crippen LogP contribution in [-0.2, 0) is 0 Å². The lowest BCUT2D eigenvalue weighted by Gasteiger charge is -2.09. The molecule has 0 aliphatic carbocycles. The van der Waals surface area contributed by atoms with E-state index in [9.17, 15) is 0 Å². The van der Waals surface area contributed by atoms with Crippen LogP contribution in [-0.4, -0.2) is 13.7 Å². The third-order valence-electron chi connectivity index (χ3n) is 2.72. The van der Waals surface area contributed by atoms with Gasteiger partial charge in [0.05, 0.1) is 11.6 Å². The lowest BCUT2D eigenvalue weighted by atomic mass is 10.0. The Balaban J connectivity index is 2.35. The van der Waals surface area contributed by atoms with E-state index in [4.69, 9.17) is 16.3 Å². The van der Waals surface area contributed by atoms with E-state index < -0.39 is 0 Å². The van der Waals surface area contributed by atoms with Crippen LogP contribution in [0.15, 0.2) is 42.5 Å². The van der Waals surface area contributed by atoms with Crippen LogP contribution in [0.3, 0.4) is 0 Å². The van der Waals surface area contributed by atoms with E-state index in [-0.39, 0.29) is 0 Å². The fourth-order valence-electron chi connectivity index (χ4n) is 1.81. The first-order valence-corrected chi connectivity index (χ1v) is 6.33. The van der Waals surface area contributed by atoms with Crippen LogP contribution in [0, 0.1) is 0 Å². The predicted octanol–water partition coefficient (Wildman–Crippen LogP) is 4.45. The summed E-state index contributed by atoms with van der Waals surface area (Å²) in [6.45, 7) is 2.56. The van der Waals surface area contributed by atoms with Crippen LogP contribution in [0.2, 0.25) is 5.02 Å². The molecule has 0 radical (unpaired) electrons. The Labute approximate surface area is 113 Å². The van der Waals surface area contributed by atoms with E-state index in [1.54, 1.807) is 0 Å². The van der Waals surface area contributed by atoms with Crippen LogP contribution in [0.5, 0.6) is 5.75 Å². The summed E-state index contributed by atoms with van der Waals surface area (Å²) in [5, 5.41) is 3.77. The lowest BCUT2D eigenvalue weighted by Crippen LogP contribution is -1.92. The first-order valence-electron chi connectivity index (χ1n) is 5.95. The molecular formula is C15H16ClNO. The molecule has 0 fully saturated rings. The Morgan fingerprint density at radius 3 is 2.56 bits per heavy atom. The van der Waals surface area contributed by atoms with Gasteiger partial charge in [0.25, 0.3) is 0 Å². The number of benzene rings is 2. The SMILES string of the molecule is CCOc1ccc(-c2cccc(NC)c2)cc1Cl. The van der Waals surface area contributed by atoms with Crippen molar-refractivity contribution in [3.63, 3.8) is 0 Å². The maximum Gasteiger partial charge on any atom is 0.137 e. The highest BCUT2D eigenvalue weighted by molar-refractivity contribution is 6.32. The van der Waals surface area contributed by atoms with Crippen molar-refractivity contribution in [1.82, 2.24) is 0 Å². The van der Waals surface area contributed by atoms with Crippen LogP contribution in [0.1, 0.15) is 6.92 Å². The second-order valence-electron chi connectivity index (χ2n) is 3.91. The molecule has 0 amide bonds. The monoisotopic (exact) mass is 261 g/mol. The minimum absolute atomic E-state index is 0.619. The molecule has 0 unspecified atom stereocenters. The van der Waals surface area contributed by atoms with Gasteiger partial charge in [0.15, 0.2) is 0 Å². The number of nitrogens with one attached hydrogen (secondary N) is 1. The van der Waals surface area contributed by atoms with Crippen molar-refractivity contribution in [3.8, 4) is 16.9 Å². The first kappa shape index (κ1) is 12.8. The van der Waals surface area contributed by atoms with Gasteiger partial charge in [-0.05, 0) is 42.3 Å². The maximum atomic E-state index is 6.19. The number of hydrogen-bond acceptors (Lipinski definition) is 2. The smallest absolute Gasteiger partial charge is 0.137 e. The molecular weight excluding hydrogens is 246 g/mol. The van der Waals surface area contributed by atoms with Crippen molar-refractivity contribution < 1.29 is 4.74 Å². The van der Waals surface area contributed by atoms with Gasteiger partial charge in [-0.1, -0.05) is 29.8 Å². The highest BCUT2D eigenvalue weighted by Gasteiger charge is 2.04. The zero-order valence-corrected chi connectivity index (χ0v) is 11.3. The molecule has 18 heavy (non-hydrogen) atoms. The number of rotatable bonds is 4. The van der Waals surface area contributed by atoms with Gasteiger partial charge in [-0.3, -0.25) is 0 Å². The van der Waals surface area contributed by atoms with Gasteiger partial charge in [-0.25, -0.2) is 0 Å². The summed E-state index contributed by atoms with van der Waals surface area (Å²) >= 11 is 6.19. The molecule has 2 aromatic rings. The standard InChI is InChI=1S/C15H16ClNO/c1-3-18-15-8-7-12(10-14(15)16)11-5-4-6-13(9-11)17-2/h4-10,17H,3H2,1-2H3. The lowest BCUT2D eigenvalue weighted by molar-refractivity contribution is 0.340. The van der Waals surface area contributed by atoms with Crippen LogP contribution >= 0.6 is 11.6 Å². The molecule has 0 atom stereocenters. The Hall–Kier alpha value is -1.67. The molecule has 2 nitrogen and oxygen atoms in total. The van der Waals surface area contributed by atoms with Gasteiger partial charge >= 0.3 is 0 Å². The third-order valence-corrected chi connectivity index (χ3v) is 3.01. The van der Waals surface area contributed by atoms with Crippen molar-refractivity contribution in [3.05, 3.63) is 47.5 Å². The Bertz CT molecular complexity index is 540. The topological polar surface area (TPSA) is 21.3 Å². The summed E-state index contributed by atoms with van der Waals surface area (Å²) in [5.74, 6) is 0.729. The molecule has 0 aliphatic rings. The molecule has 0 spiro atoms. The van der Waals surface area contributed by atoms with Crippen molar-refractivity contribution in [2.75, 3.05) is 19.0 Å². The van der Waals surface area contributed by atoms with Crippen molar-refractivity contribution in [2.24, 2.45) is 0 Å². The highest BCUT2D eigenvalue weighted by Crippen LogP contribution is 2.31. The Morgan fingerprint density at radius 2 is 1.89 bits per heavy atom. The maximum absolute atomic E-state index is 6.19. The summed E-state index contributed by atoms with van der Waals surface area (Å²) in [4.78, 5) is 0. The van der Waals surface area contributed by atoms with E-state index in [0.29, 0.717) is 11.6 Å². The van der Waals surface area contributed by atoms with Crippen molar-refractivity contribution >= 4 is 17.3 Å². The largest absolute Gasteiger partial charge is 0.492 e. The zero-order valence-electron chi connectivity index (χ0n) is 10.5. The van der Waals surface area contributed by atoms with Gasteiger partial charge in [0.2, 0.25) is 0 Å². The van der Waals surface area contributed by atoms with Crippen molar-refractivity contribution in [2.45, 2.75) is 6.92 Å². The number of ether oxygens (including phenoxy) is 1. The second-order valence-corrected chi connectivity index (χ2v) is 4.32. The minimum atomic E-state index is 0.619. The molecule has 0 saturated heterocycles. The van der Waals surface area contributed by atoms with E-state index in [1.807, 2.05) is 44.3 Å². The molecule has 0 bridgehead atoms. The average molecular weight is 262 g/mol. The molecule has 0 aliphatic heterocycles. The summed E-state index contributed by atoms with van der Waals surface area (Å²) in [6.07, 6.45) is 0. The number of anilines is 1. The molecule has 2 rings (SSSR count). The van der Waals surface area contributed by atoms with Gasteiger partial charge in [0, 0.05) is 12.7 Å². The Kier molecular flexibility index (Phi) is 4.11. The van der Waals surface area contributed by atoms with E-state index in [1.165, 1.54) is 0 Å². The fraction of sp³-hybridized carbons (Fsp3) is 0.200. The summed E-state index contributed by atoms with van der Waals surface area (Å²) < 4.78 is 5.43. The Morgan fingerprint density at radius 1 is 1.11 bits per heavy atom. The molecule has 2 aromatic carbocycles. The first-order chi connectivity index (χ1) is 8.74. The van der Waals surface area contributed by atoms with Gasteiger partial charge in [0.1, 0.15) is 5.75 Å². The van der Waals surface area contributed by atoms with E-state index in [0.717, 1.165) is 22.6 Å². The van der Waals surface area contributed by atoms with Crippen molar-refractivity contribution in [1.29, 1.82) is 0 Å². The quantitative estimate of drug-likeness (QED) is 0.878. The molecule has 0 heterocycles. The fourth-order valence-corrected chi connectivity index (χ4v) is 2.04. The molecule has 1 N–H and O–H groups in total. The second kappa shape index (κ2) is 5.78. The summed E-state index contributed by atoms with van der Waals surface area (Å²) in [6, 6.07) is 14.1. The van der Waals surface area contributed by atoms with E-state index >= 15 is 0 Å². The zero-order chi connectivity index (χ0) is 13.0. The average Bonchev–Trinajstić information content (AvgIpc) is 2.41. The molecule has 94 valence electrons. The van der Waals surface area contributed by atoms with Crippen LogP contribution in [0.4, 0.5) is 5.69 Å². The summed E-state index contributed by atoms with van der Waals surface area (Å²) in [7, 11) is 1.91. The van der Waals surface area contributed by atoms with E-state index in [2.05, 4.69) is 17.4 Å². The summed E-state index contributed by atoms with van der Waals surface area (Å²) in [5.41, 5.74) is 3.30. The third kappa shape index (κ3) is 2.77. The molecule has 0 saturated carbocycles. The molecule has 3 heteroatoms. The predicted molar refractivity (Wildman–Crippen MR) is 77.6 cm³/mol. The van der Waals surface area contributed by atoms with Crippen LogP contribution < -0.4 is 10.1 Å². The number of halogens is 1. The number of hydrogen-bond donors (Lipinski definition) is 1.